The van der Waals surface area contributed by atoms with E-state index in [1.807, 2.05) is 56.8 Å². The minimum Gasteiger partial charge on any atom is -0.344 e. The van der Waals surface area contributed by atoms with Crippen molar-refractivity contribution >= 4 is 28.8 Å². The second kappa shape index (κ2) is 6.98. The summed E-state index contributed by atoms with van der Waals surface area (Å²) < 4.78 is 1.83. The van der Waals surface area contributed by atoms with E-state index in [2.05, 4.69) is 15.4 Å². The van der Waals surface area contributed by atoms with Gasteiger partial charge in [0.1, 0.15) is 10.7 Å². The number of hydrogen-bond donors (Lipinski definition) is 1. The lowest BCUT2D eigenvalue weighted by Gasteiger charge is -2.14. The molecule has 2 aromatic heterocycles. The van der Waals surface area contributed by atoms with E-state index in [4.69, 9.17) is 11.6 Å². The Morgan fingerprint density at radius 1 is 1.28 bits per heavy atom. The van der Waals surface area contributed by atoms with Crippen LogP contribution >= 0.6 is 22.9 Å². The van der Waals surface area contributed by atoms with Gasteiger partial charge in [0.15, 0.2) is 0 Å². The maximum absolute atomic E-state index is 12.5. The summed E-state index contributed by atoms with van der Waals surface area (Å²) in [5, 5.41) is 10.7. The SMILES string of the molecule is Cc1nn(C)c(C)c1[C@H](C)NC(=O)c1csc(-c2ccc(Cl)cc2)n1. The maximum atomic E-state index is 12.5. The number of amides is 1. The first kappa shape index (κ1) is 17.6. The standard InChI is InChI=1S/C18H19ClN4OS/c1-10(16-11(2)22-23(4)12(16)3)20-17(24)15-9-25-18(21-15)13-5-7-14(19)8-6-13/h5-10H,1-4H3,(H,20,24)/t10-/m0/s1. The molecule has 0 spiro atoms. The van der Waals surface area contributed by atoms with Crippen LogP contribution in [0.25, 0.3) is 10.6 Å². The molecule has 25 heavy (non-hydrogen) atoms. The van der Waals surface area contributed by atoms with Crippen LogP contribution in [0.1, 0.15) is 40.4 Å². The molecule has 1 aromatic carbocycles. The molecule has 0 saturated heterocycles. The van der Waals surface area contributed by atoms with Crippen LogP contribution in [0.3, 0.4) is 0 Å². The van der Waals surface area contributed by atoms with Crippen molar-refractivity contribution in [2.24, 2.45) is 7.05 Å². The quantitative estimate of drug-likeness (QED) is 0.740. The first-order valence-electron chi connectivity index (χ1n) is 7.89. The third kappa shape index (κ3) is 3.60. The zero-order valence-corrected chi connectivity index (χ0v) is 16.1. The highest BCUT2D eigenvalue weighted by molar-refractivity contribution is 7.13. The smallest absolute Gasteiger partial charge is 0.271 e. The number of aromatic nitrogens is 3. The Kier molecular flexibility index (Phi) is 4.92. The molecule has 0 fully saturated rings. The second-order valence-electron chi connectivity index (χ2n) is 5.95. The van der Waals surface area contributed by atoms with Crippen molar-refractivity contribution < 1.29 is 4.79 Å². The fraction of sp³-hybridized carbons (Fsp3) is 0.278. The van der Waals surface area contributed by atoms with Crippen LogP contribution in [0.5, 0.6) is 0 Å². The lowest BCUT2D eigenvalue weighted by atomic mass is 10.1. The molecule has 5 nitrogen and oxygen atoms in total. The summed E-state index contributed by atoms with van der Waals surface area (Å²) in [5.74, 6) is -0.188. The van der Waals surface area contributed by atoms with E-state index in [0.29, 0.717) is 10.7 Å². The molecule has 0 aliphatic heterocycles. The maximum Gasteiger partial charge on any atom is 0.271 e. The van der Waals surface area contributed by atoms with E-state index in [9.17, 15) is 4.79 Å². The van der Waals surface area contributed by atoms with Gasteiger partial charge in [0.2, 0.25) is 0 Å². The van der Waals surface area contributed by atoms with Gasteiger partial charge in [-0.05, 0) is 32.9 Å². The molecule has 0 saturated carbocycles. The van der Waals surface area contributed by atoms with Crippen LogP contribution in [0.2, 0.25) is 5.02 Å². The van der Waals surface area contributed by atoms with Crippen molar-refractivity contribution in [3.05, 3.63) is 57.3 Å². The third-order valence-corrected chi connectivity index (χ3v) is 5.32. The number of benzene rings is 1. The molecule has 0 radical (unpaired) electrons. The predicted molar refractivity (Wildman–Crippen MR) is 101 cm³/mol. The van der Waals surface area contributed by atoms with Crippen LogP contribution in [-0.4, -0.2) is 20.7 Å². The van der Waals surface area contributed by atoms with E-state index >= 15 is 0 Å². The first-order valence-corrected chi connectivity index (χ1v) is 9.15. The number of nitrogens with one attached hydrogen (secondary N) is 1. The fourth-order valence-electron chi connectivity index (χ4n) is 2.86. The summed E-state index contributed by atoms with van der Waals surface area (Å²) in [6, 6.07) is 7.28. The number of rotatable bonds is 4. The third-order valence-electron chi connectivity index (χ3n) is 4.17. The average Bonchev–Trinajstić information content (AvgIpc) is 3.14. The largest absolute Gasteiger partial charge is 0.344 e. The van der Waals surface area contributed by atoms with E-state index in [1.54, 1.807) is 5.38 Å². The molecule has 0 unspecified atom stereocenters. The number of aryl methyl sites for hydroxylation is 2. The lowest BCUT2D eigenvalue weighted by molar-refractivity contribution is 0.0935. The van der Waals surface area contributed by atoms with Crippen molar-refractivity contribution in [3.8, 4) is 10.6 Å². The van der Waals surface area contributed by atoms with Gasteiger partial charge in [0, 0.05) is 34.3 Å². The molecular weight excluding hydrogens is 356 g/mol. The molecule has 3 aromatic rings. The minimum atomic E-state index is -0.188. The van der Waals surface area contributed by atoms with E-state index in [-0.39, 0.29) is 11.9 Å². The highest BCUT2D eigenvalue weighted by Gasteiger charge is 2.20. The Morgan fingerprint density at radius 3 is 2.56 bits per heavy atom. The van der Waals surface area contributed by atoms with E-state index < -0.39 is 0 Å². The Morgan fingerprint density at radius 2 is 1.96 bits per heavy atom. The van der Waals surface area contributed by atoms with Crippen LogP contribution < -0.4 is 5.32 Å². The normalized spacial score (nSPS) is 12.2. The Labute approximate surface area is 155 Å². The predicted octanol–water partition coefficient (Wildman–Crippen LogP) is 4.30. The van der Waals surface area contributed by atoms with Crippen LogP contribution in [0.4, 0.5) is 0 Å². The van der Waals surface area contributed by atoms with Gasteiger partial charge in [-0.3, -0.25) is 9.48 Å². The lowest BCUT2D eigenvalue weighted by Crippen LogP contribution is -2.27. The average molecular weight is 375 g/mol. The van der Waals surface area contributed by atoms with Crippen molar-refractivity contribution in [1.29, 1.82) is 0 Å². The molecule has 1 N–H and O–H groups in total. The molecular formula is C18H19ClN4OS. The Balaban J connectivity index is 1.76. The van der Waals surface area contributed by atoms with Crippen molar-refractivity contribution in [2.45, 2.75) is 26.8 Å². The zero-order valence-electron chi connectivity index (χ0n) is 14.5. The summed E-state index contributed by atoms with van der Waals surface area (Å²) in [6.07, 6.45) is 0. The molecule has 3 rings (SSSR count). The van der Waals surface area contributed by atoms with Gasteiger partial charge in [-0.25, -0.2) is 4.98 Å². The second-order valence-corrected chi connectivity index (χ2v) is 7.24. The highest BCUT2D eigenvalue weighted by Crippen LogP contribution is 2.26. The number of carbonyl (C=O) groups excluding carboxylic acids is 1. The summed E-state index contributed by atoms with van der Waals surface area (Å²) in [5.41, 5.74) is 4.38. The van der Waals surface area contributed by atoms with E-state index in [1.165, 1.54) is 11.3 Å². The van der Waals surface area contributed by atoms with Gasteiger partial charge >= 0.3 is 0 Å². The number of nitrogens with zero attached hydrogens (tertiary/aromatic N) is 3. The van der Waals surface area contributed by atoms with Crippen LogP contribution in [0.15, 0.2) is 29.6 Å². The number of thiazole rings is 1. The summed E-state index contributed by atoms with van der Waals surface area (Å²) in [4.78, 5) is 17.0. The Bertz CT molecular complexity index is 914. The molecule has 130 valence electrons. The first-order chi connectivity index (χ1) is 11.9. The Hall–Kier alpha value is -2.18. The summed E-state index contributed by atoms with van der Waals surface area (Å²) in [7, 11) is 1.90. The summed E-state index contributed by atoms with van der Waals surface area (Å²) in [6.45, 7) is 5.91. The molecule has 2 heterocycles. The molecule has 7 heteroatoms. The number of halogens is 1. The van der Waals surface area contributed by atoms with Crippen LogP contribution in [0, 0.1) is 13.8 Å². The van der Waals surface area contributed by atoms with Gasteiger partial charge < -0.3 is 5.32 Å². The van der Waals surface area contributed by atoms with Crippen molar-refractivity contribution in [1.82, 2.24) is 20.1 Å². The van der Waals surface area contributed by atoms with Gasteiger partial charge in [0.25, 0.3) is 5.91 Å². The number of carbonyl (C=O) groups is 1. The number of hydrogen-bond acceptors (Lipinski definition) is 4. The molecule has 1 atom stereocenters. The van der Waals surface area contributed by atoms with Crippen molar-refractivity contribution in [3.63, 3.8) is 0 Å². The van der Waals surface area contributed by atoms with Crippen molar-refractivity contribution in [2.75, 3.05) is 0 Å². The molecule has 0 aliphatic carbocycles. The van der Waals surface area contributed by atoms with Gasteiger partial charge in [0.05, 0.1) is 11.7 Å². The van der Waals surface area contributed by atoms with Crippen LogP contribution in [-0.2, 0) is 7.05 Å². The van der Waals surface area contributed by atoms with Gasteiger partial charge in [-0.2, -0.15) is 5.10 Å². The molecule has 0 bridgehead atoms. The molecule has 1 amide bonds. The summed E-state index contributed by atoms with van der Waals surface area (Å²) >= 11 is 7.35. The zero-order chi connectivity index (χ0) is 18.1. The molecule has 0 aliphatic rings. The minimum absolute atomic E-state index is 0.137. The van der Waals surface area contributed by atoms with Gasteiger partial charge in [-0.1, -0.05) is 23.7 Å². The fourth-order valence-corrected chi connectivity index (χ4v) is 3.79. The van der Waals surface area contributed by atoms with Gasteiger partial charge in [-0.15, -0.1) is 11.3 Å². The van der Waals surface area contributed by atoms with E-state index in [0.717, 1.165) is 27.5 Å². The highest BCUT2D eigenvalue weighted by atomic mass is 35.5. The topological polar surface area (TPSA) is 59.8 Å². The monoisotopic (exact) mass is 374 g/mol.